The van der Waals surface area contributed by atoms with E-state index in [9.17, 15) is 10.1 Å². The smallest absolute Gasteiger partial charge is 0.324 e. The molecule has 0 saturated heterocycles. The van der Waals surface area contributed by atoms with Crippen LogP contribution in [0.2, 0.25) is 0 Å². The third-order valence-corrected chi connectivity index (χ3v) is 3.86. The molecule has 0 aliphatic carbocycles. The number of hydrazone groups is 1. The Morgan fingerprint density at radius 3 is 2.33 bits per heavy atom. The van der Waals surface area contributed by atoms with Gasteiger partial charge in [0.05, 0.1) is 11.1 Å². The molecule has 0 atom stereocenters. The van der Waals surface area contributed by atoms with E-state index in [4.69, 9.17) is 0 Å². The molecule has 0 aliphatic heterocycles. The minimum Gasteiger partial charge on any atom is -0.324 e. The highest BCUT2D eigenvalue weighted by Gasteiger charge is 2.25. The molecule has 1 aromatic heterocycles. The van der Waals surface area contributed by atoms with Crippen LogP contribution in [-0.2, 0) is 0 Å². The van der Waals surface area contributed by atoms with Gasteiger partial charge in [0, 0.05) is 12.7 Å². The second-order valence-corrected chi connectivity index (χ2v) is 5.74. The van der Waals surface area contributed by atoms with Gasteiger partial charge in [-0.05, 0) is 24.6 Å². The highest BCUT2D eigenvalue weighted by molar-refractivity contribution is 5.80. The van der Waals surface area contributed by atoms with E-state index >= 15 is 0 Å². The molecule has 2 aromatic carbocycles. The summed E-state index contributed by atoms with van der Waals surface area (Å²) in [6.45, 7) is 1.58. The summed E-state index contributed by atoms with van der Waals surface area (Å²) in [5.41, 5.74) is 4.54. The van der Waals surface area contributed by atoms with Gasteiger partial charge in [0.1, 0.15) is 5.69 Å². The molecule has 1 N–H and O–H groups in total. The summed E-state index contributed by atoms with van der Waals surface area (Å²) in [5.74, 6) is 0.374. The van der Waals surface area contributed by atoms with Gasteiger partial charge >= 0.3 is 5.69 Å². The molecule has 1 heterocycles. The number of nitrogens with zero attached hydrogens (tertiary/aromatic N) is 5. The Bertz CT molecular complexity index is 961. The van der Waals surface area contributed by atoms with Gasteiger partial charge in [-0.3, -0.25) is 10.1 Å². The third kappa shape index (κ3) is 4.24. The number of para-hydroxylation sites is 1. The first-order chi connectivity index (χ1) is 13.1. The van der Waals surface area contributed by atoms with Crippen LogP contribution in [0.3, 0.4) is 0 Å². The summed E-state index contributed by atoms with van der Waals surface area (Å²) in [6.07, 6.45) is 1.63. The molecule has 8 nitrogen and oxygen atoms in total. The van der Waals surface area contributed by atoms with Gasteiger partial charge in [-0.1, -0.05) is 48.5 Å². The molecule has 0 bridgehead atoms. The molecular weight excluding hydrogens is 344 g/mol. The maximum atomic E-state index is 11.5. The lowest BCUT2D eigenvalue weighted by atomic mass is 10.2. The average Bonchev–Trinajstić information content (AvgIpc) is 2.68. The standard InChI is InChI=1S/C19H18N6O2/c1-14-17(25(26)27)18(24(2)16-11-7-4-8-12-16)22-19(21-14)23-20-13-15-9-5-3-6-10-15/h3-13H,1-2H3,(H,21,22,23)/b20-13+. The van der Waals surface area contributed by atoms with Crippen molar-refractivity contribution in [3.8, 4) is 0 Å². The fraction of sp³-hybridized carbons (Fsp3) is 0.105. The molecule has 0 aliphatic rings. The Labute approximate surface area is 156 Å². The molecule has 3 rings (SSSR count). The fourth-order valence-electron chi connectivity index (χ4n) is 2.53. The third-order valence-electron chi connectivity index (χ3n) is 3.86. The number of hydrogen-bond donors (Lipinski definition) is 1. The molecule has 136 valence electrons. The van der Waals surface area contributed by atoms with Crippen LogP contribution in [0, 0.1) is 17.0 Å². The summed E-state index contributed by atoms with van der Waals surface area (Å²) >= 11 is 0. The second-order valence-electron chi connectivity index (χ2n) is 5.74. The summed E-state index contributed by atoms with van der Waals surface area (Å²) in [5, 5.41) is 15.6. The predicted octanol–water partition coefficient (Wildman–Crippen LogP) is 3.91. The van der Waals surface area contributed by atoms with E-state index < -0.39 is 4.92 Å². The first-order valence-corrected chi connectivity index (χ1v) is 8.22. The van der Waals surface area contributed by atoms with Crippen LogP contribution in [0.25, 0.3) is 0 Å². The zero-order chi connectivity index (χ0) is 19.2. The molecule has 27 heavy (non-hydrogen) atoms. The summed E-state index contributed by atoms with van der Waals surface area (Å²) in [4.78, 5) is 21.2. The van der Waals surface area contributed by atoms with Crippen molar-refractivity contribution in [2.75, 3.05) is 17.4 Å². The average molecular weight is 362 g/mol. The zero-order valence-electron chi connectivity index (χ0n) is 14.9. The van der Waals surface area contributed by atoms with Gasteiger partial charge < -0.3 is 4.90 Å². The lowest BCUT2D eigenvalue weighted by Gasteiger charge is -2.19. The van der Waals surface area contributed by atoms with Crippen LogP contribution in [0.4, 0.5) is 23.1 Å². The number of rotatable bonds is 6. The summed E-state index contributed by atoms with van der Waals surface area (Å²) < 4.78 is 0. The van der Waals surface area contributed by atoms with Crippen LogP contribution in [-0.4, -0.2) is 28.2 Å². The van der Waals surface area contributed by atoms with Crippen molar-refractivity contribution >= 4 is 29.4 Å². The number of nitro groups is 1. The predicted molar refractivity (Wildman–Crippen MR) is 106 cm³/mol. The largest absolute Gasteiger partial charge is 0.333 e. The highest BCUT2D eigenvalue weighted by atomic mass is 16.6. The van der Waals surface area contributed by atoms with Gasteiger partial charge in [0.2, 0.25) is 11.8 Å². The minimum absolute atomic E-state index is 0.140. The monoisotopic (exact) mass is 362 g/mol. The molecule has 0 fully saturated rings. The topological polar surface area (TPSA) is 96.6 Å². The molecular formula is C19H18N6O2. The molecule has 0 saturated carbocycles. The van der Waals surface area contributed by atoms with Crippen LogP contribution in [0.1, 0.15) is 11.3 Å². The SMILES string of the molecule is Cc1nc(N/N=C/c2ccccc2)nc(N(C)c2ccccc2)c1[N+](=O)[O-]. The van der Waals surface area contributed by atoms with Crippen molar-refractivity contribution in [3.63, 3.8) is 0 Å². The van der Waals surface area contributed by atoms with E-state index in [2.05, 4.69) is 20.5 Å². The van der Waals surface area contributed by atoms with Crippen LogP contribution in [0.15, 0.2) is 65.8 Å². The Kier molecular flexibility index (Phi) is 5.36. The van der Waals surface area contributed by atoms with Gasteiger partial charge in [-0.25, -0.2) is 10.4 Å². The lowest BCUT2D eigenvalue weighted by Crippen LogP contribution is -2.16. The van der Waals surface area contributed by atoms with Gasteiger partial charge in [-0.2, -0.15) is 10.1 Å². The summed E-state index contributed by atoms with van der Waals surface area (Å²) in [7, 11) is 1.72. The van der Waals surface area contributed by atoms with E-state index in [1.807, 2.05) is 60.7 Å². The first kappa shape index (κ1) is 18.0. The van der Waals surface area contributed by atoms with Crippen molar-refractivity contribution in [1.82, 2.24) is 9.97 Å². The maximum absolute atomic E-state index is 11.5. The molecule has 0 amide bonds. The van der Waals surface area contributed by atoms with Crippen LogP contribution in [0.5, 0.6) is 0 Å². The Hall–Kier alpha value is -3.81. The zero-order valence-corrected chi connectivity index (χ0v) is 14.9. The lowest BCUT2D eigenvalue weighted by molar-refractivity contribution is -0.385. The number of benzene rings is 2. The first-order valence-electron chi connectivity index (χ1n) is 8.22. The fourth-order valence-corrected chi connectivity index (χ4v) is 2.53. The van der Waals surface area contributed by atoms with E-state index in [1.54, 1.807) is 25.1 Å². The quantitative estimate of drug-likeness (QED) is 0.406. The van der Waals surface area contributed by atoms with Gasteiger partial charge in [0.15, 0.2) is 0 Å². The van der Waals surface area contributed by atoms with Crippen molar-refractivity contribution < 1.29 is 4.92 Å². The minimum atomic E-state index is -0.471. The van der Waals surface area contributed by atoms with E-state index in [-0.39, 0.29) is 23.1 Å². The highest BCUT2D eigenvalue weighted by Crippen LogP contribution is 2.33. The summed E-state index contributed by atoms with van der Waals surface area (Å²) in [6, 6.07) is 18.8. The van der Waals surface area contributed by atoms with E-state index in [0.717, 1.165) is 11.3 Å². The Balaban J connectivity index is 1.94. The van der Waals surface area contributed by atoms with Gasteiger partial charge in [0.25, 0.3) is 0 Å². The number of anilines is 3. The maximum Gasteiger partial charge on any atom is 0.333 e. The van der Waals surface area contributed by atoms with E-state index in [0.29, 0.717) is 0 Å². The number of nitrogens with one attached hydrogen (secondary N) is 1. The second kappa shape index (κ2) is 8.05. The Morgan fingerprint density at radius 2 is 1.70 bits per heavy atom. The van der Waals surface area contributed by atoms with E-state index in [1.165, 1.54) is 0 Å². The van der Waals surface area contributed by atoms with Crippen molar-refractivity contribution in [2.24, 2.45) is 5.10 Å². The molecule has 8 heteroatoms. The van der Waals surface area contributed by atoms with Crippen molar-refractivity contribution in [3.05, 3.63) is 82.0 Å². The van der Waals surface area contributed by atoms with Crippen molar-refractivity contribution in [2.45, 2.75) is 6.92 Å². The normalized spacial score (nSPS) is 10.7. The number of aryl methyl sites for hydroxylation is 1. The van der Waals surface area contributed by atoms with Crippen molar-refractivity contribution in [1.29, 1.82) is 0 Å². The molecule has 3 aromatic rings. The Morgan fingerprint density at radius 1 is 1.07 bits per heavy atom. The number of aromatic nitrogens is 2. The van der Waals surface area contributed by atoms with Crippen LogP contribution < -0.4 is 10.3 Å². The van der Waals surface area contributed by atoms with Gasteiger partial charge in [-0.15, -0.1) is 0 Å². The molecule has 0 unspecified atom stereocenters. The molecule has 0 radical (unpaired) electrons. The number of hydrogen-bond acceptors (Lipinski definition) is 7. The molecule has 0 spiro atoms. The van der Waals surface area contributed by atoms with Crippen LogP contribution >= 0.6 is 0 Å².